The highest BCUT2D eigenvalue weighted by Crippen LogP contribution is 2.25. The van der Waals surface area contributed by atoms with Crippen LogP contribution in [-0.4, -0.2) is 11.7 Å². The van der Waals surface area contributed by atoms with Gasteiger partial charge in [0.2, 0.25) is 0 Å². The summed E-state index contributed by atoms with van der Waals surface area (Å²) in [6.45, 7) is 2.30. The molecule has 1 rings (SSSR count). The lowest BCUT2D eigenvalue weighted by Crippen LogP contribution is -2.21. The molecule has 0 saturated heterocycles. The number of aliphatic hydroxyl groups is 1. The third kappa shape index (κ3) is 2.30. The van der Waals surface area contributed by atoms with Crippen LogP contribution in [0.1, 0.15) is 25.0 Å². The summed E-state index contributed by atoms with van der Waals surface area (Å²) in [6.07, 6.45) is -0.0578. The van der Waals surface area contributed by atoms with Crippen LogP contribution >= 0.6 is 0 Å². The summed E-state index contributed by atoms with van der Waals surface area (Å²) in [7, 11) is 0. The average Bonchev–Trinajstić information content (AvgIpc) is 2.20. The van der Waals surface area contributed by atoms with Gasteiger partial charge in [-0.25, -0.2) is 4.39 Å². The molecule has 0 aliphatic heterocycles. The normalized spacial score (nSPS) is 15.1. The van der Waals surface area contributed by atoms with Gasteiger partial charge in [0.25, 0.3) is 0 Å². The fourth-order valence-corrected chi connectivity index (χ4v) is 1.49. The van der Waals surface area contributed by atoms with E-state index in [1.54, 1.807) is 18.2 Å². The Kier molecular flexibility index (Phi) is 4.04. The van der Waals surface area contributed by atoms with E-state index in [1.807, 2.05) is 6.92 Å². The van der Waals surface area contributed by atoms with Gasteiger partial charge in [-0.2, -0.15) is 0 Å². The molecule has 0 radical (unpaired) electrons. The van der Waals surface area contributed by atoms with Crippen LogP contribution in [0.5, 0.6) is 0 Å². The minimum atomic E-state index is -0.800. The molecule has 0 aliphatic rings. The molecule has 78 valence electrons. The minimum Gasteiger partial charge on any atom is -0.388 e. The Labute approximate surface area is 83.6 Å². The standard InChI is InChI=1S/C11H16FNO/c1-2-8(7-13)11(14)9-5-3-4-6-10(9)12/h3-6,8,11,14H,2,7,13H2,1H3. The lowest BCUT2D eigenvalue weighted by molar-refractivity contribution is 0.106. The molecule has 0 saturated carbocycles. The SMILES string of the molecule is CCC(CN)C(O)c1ccccc1F. The van der Waals surface area contributed by atoms with Crippen molar-refractivity contribution in [3.8, 4) is 0 Å². The molecular weight excluding hydrogens is 181 g/mol. The van der Waals surface area contributed by atoms with Gasteiger partial charge in [-0.15, -0.1) is 0 Å². The first-order valence-electron chi connectivity index (χ1n) is 4.83. The van der Waals surface area contributed by atoms with E-state index in [9.17, 15) is 9.50 Å². The van der Waals surface area contributed by atoms with E-state index in [4.69, 9.17) is 5.73 Å². The predicted octanol–water partition coefficient (Wildman–Crippen LogP) is 1.84. The van der Waals surface area contributed by atoms with E-state index >= 15 is 0 Å². The van der Waals surface area contributed by atoms with Crippen molar-refractivity contribution in [1.29, 1.82) is 0 Å². The van der Waals surface area contributed by atoms with Gasteiger partial charge < -0.3 is 10.8 Å². The Balaban J connectivity index is 2.88. The number of halogens is 1. The third-order valence-electron chi connectivity index (χ3n) is 2.50. The number of nitrogens with two attached hydrogens (primary N) is 1. The zero-order valence-electron chi connectivity index (χ0n) is 8.28. The molecule has 14 heavy (non-hydrogen) atoms. The molecular formula is C11H16FNO. The van der Waals surface area contributed by atoms with Crippen molar-refractivity contribution in [3.05, 3.63) is 35.6 Å². The number of hydrogen-bond acceptors (Lipinski definition) is 2. The maximum Gasteiger partial charge on any atom is 0.129 e. The van der Waals surface area contributed by atoms with Crippen molar-refractivity contribution in [2.75, 3.05) is 6.54 Å². The molecule has 1 aromatic rings. The molecule has 3 heteroatoms. The predicted molar refractivity (Wildman–Crippen MR) is 54.2 cm³/mol. The highest BCUT2D eigenvalue weighted by Gasteiger charge is 2.20. The summed E-state index contributed by atoms with van der Waals surface area (Å²) >= 11 is 0. The van der Waals surface area contributed by atoms with Crippen molar-refractivity contribution in [2.24, 2.45) is 11.7 Å². The van der Waals surface area contributed by atoms with Gasteiger partial charge in [0.15, 0.2) is 0 Å². The molecule has 0 spiro atoms. The monoisotopic (exact) mass is 197 g/mol. The summed E-state index contributed by atoms with van der Waals surface area (Å²) < 4.78 is 13.3. The molecule has 2 nitrogen and oxygen atoms in total. The number of benzene rings is 1. The van der Waals surface area contributed by atoms with Crippen molar-refractivity contribution in [2.45, 2.75) is 19.4 Å². The second-order valence-electron chi connectivity index (χ2n) is 3.37. The molecule has 0 aromatic heterocycles. The molecule has 0 heterocycles. The van der Waals surface area contributed by atoms with Crippen LogP contribution in [0.15, 0.2) is 24.3 Å². The largest absolute Gasteiger partial charge is 0.388 e. The van der Waals surface area contributed by atoms with Gasteiger partial charge in [-0.05, 0) is 19.0 Å². The van der Waals surface area contributed by atoms with Crippen LogP contribution in [0.2, 0.25) is 0 Å². The Bertz CT molecular complexity index is 286. The van der Waals surface area contributed by atoms with Crippen LogP contribution < -0.4 is 5.73 Å². The smallest absolute Gasteiger partial charge is 0.129 e. The third-order valence-corrected chi connectivity index (χ3v) is 2.50. The molecule has 0 bridgehead atoms. The number of aliphatic hydroxyl groups excluding tert-OH is 1. The Hall–Kier alpha value is -0.930. The lowest BCUT2D eigenvalue weighted by Gasteiger charge is -2.20. The van der Waals surface area contributed by atoms with Gasteiger partial charge in [0, 0.05) is 11.5 Å². The zero-order valence-corrected chi connectivity index (χ0v) is 8.28. The molecule has 0 fully saturated rings. The number of hydrogen-bond donors (Lipinski definition) is 2. The van der Waals surface area contributed by atoms with Crippen LogP contribution in [0, 0.1) is 11.7 Å². The van der Waals surface area contributed by atoms with Gasteiger partial charge in [0.1, 0.15) is 5.82 Å². The van der Waals surface area contributed by atoms with Crippen LogP contribution in [0.3, 0.4) is 0 Å². The van der Waals surface area contributed by atoms with E-state index in [-0.39, 0.29) is 11.7 Å². The van der Waals surface area contributed by atoms with Gasteiger partial charge in [0.05, 0.1) is 6.10 Å². The van der Waals surface area contributed by atoms with Gasteiger partial charge in [-0.3, -0.25) is 0 Å². The minimum absolute atomic E-state index is 0.0769. The highest BCUT2D eigenvalue weighted by atomic mass is 19.1. The Morgan fingerprint density at radius 3 is 2.57 bits per heavy atom. The van der Waals surface area contributed by atoms with Crippen molar-refractivity contribution < 1.29 is 9.50 Å². The first-order chi connectivity index (χ1) is 6.70. The summed E-state index contributed by atoms with van der Waals surface area (Å²) in [5, 5.41) is 9.84. The second-order valence-corrected chi connectivity index (χ2v) is 3.37. The summed E-state index contributed by atoms with van der Waals surface area (Å²) in [5.74, 6) is -0.446. The van der Waals surface area contributed by atoms with Crippen LogP contribution in [0.25, 0.3) is 0 Å². The molecule has 0 amide bonds. The van der Waals surface area contributed by atoms with E-state index < -0.39 is 6.10 Å². The average molecular weight is 197 g/mol. The van der Waals surface area contributed by atoms with E-state index in [0.29, 0.717) is 12.1 Å². The Morgan fingerprint density at radius 1 is 1.43 bits per heavy atom. The van der Waals surface area contributed by atoms with E-state index in [1.165, 1.54) is 6.07 Å². The first kappa shape index (κ1) is 11.1. The summed E-state index contributed by atoms with van der Waals surface area (Å²) in [4.78, 5) is 0. The second kappa shape index (κ2) is 5.08. The Morgan fingerprint density at radius 2 is 2.07 bits per heavy atom. The van der Waals surface area contributed by atoms with Gasteiger partial charge >= 0.3 is 0 Å². The van der Waals surface area contributed by atoms with Crippen molar-refractivity contribution >= 4 is 0 Å². The summed E-state index contributed by atoms with van der Waals surface area (Å²) in [6, 6.07) is 6.26. The van der Waals surface area contributed by atoms with Crippen LogP contribution in [0.4, 0.5) is 4.39 Å². The summed E-state index contributed by atoms with van der Waals surface area (Å²) in [5.41, 5.74) is 5.83. The maximum absolute atomic E-state index is 13.3. The molecule has 0 aliphatic carbocycles. The fraction of sp³-hybridized carbons (Fsp3) is 0.455. The topological polar surface area (TPSA) is 46.2 Å². The maximum atomic E-state index is 13.3. The van der Waals surface area contributed by atoms with Gasteiger partial charge in [-0.1, -0.05) is 25.1 Å². The number of rotatable bonds is 4. The van der Waals surface area contributed by atoms with Crippen molar-refractivity contribution in [1.82, 2.24) is 0 Å². The first-order valence-corrected chi connectivity index (χ1v) is 4.83. The lowest BCUT2D eigenvalue weighted by atomic mass is 9.93. The molecule has 2 atom stereocenters. The van der Waals surface area contributed by atoms with E-state index in [2.05, 4.69) is 0 Å². The molecule has 2 unspecified atom stereocenters. The highest BCUT2D eigenvalue weighted by molar-refractivity contribution is 5.20. The van der Waals surface area contributed by atoms with Crippen LogP contribution in [-0.2, 0) is 0 Å². The quantitative estimate of drug-likeness (QED) is 0.773. The molecule has 1 aromatic carbocycles. The fourth-order valence-electron chi connectivity index (χ4n) is 1.49. The van der Waals surface area contributed by atoms with Crippen molar-refractivity contribution in [3.63, 3.8) is 0 Å². The van der Waals surface area contributed by atoms with E-state index in [0.717, 1.165) is 6.42 Å². The molecule has 3 N–H and O–H groups in total. The zero-order chi connectivity index (χ0) is 10.6.